The van der Waals surface area contributed by atoms with Crippen molar-refractivity contribution >= 4 is 34.7 Å². The van der Waals surface area contributed by atoms with E-state index in [1.54, 1.807) is 12.1 Å². The summed E-state index contributed by atoms with van der Waals surface area (Å²) in [7, 11) is 0. The number of carboxylic acids is 1. The number of allylic oxidation sites excluding steroid dienone is 1. The van der Waals surface area contributed by atoms with Crippen LogP contribution in [0.15, 0.2) is 79.1 Å². The Bertz CT molecular complexity index is 1310. The summed E-state index contributed by atoms with van der Waals surface area (Å²) in [6.45, 7) is 0.640. The first-order valence-electron chi connectivity index (χ1n) is 9.46. The van der Waals surface area contributed by atoms with E-state index in [2.05, 4.69) is 39.9 Å². The van der Waals surface area contributed by atoms with Gasteiger partial charge in [-0.15, -0.1) is 0 Å². The summed E-state index contributed by atoms with van der Waals surface area (Å²) in [4.78, 5) is 16.0. The van der Waals surface area contributed by atoms with Crippen molar-refractivity contribution in [1.29, 1.82) is 0 Å². The lowest BCUT2D eigenvalue weighted by atomic mass is 9.92. The molecule has 0 aliphatic heterocycles. The number of nitrogens with zero attached hydrogens (tertiary/aromatic N) is 2. The lowest BCUT2D eigenvalue weighted by molar-refractivity contribution is 0.0697. The minimum atomic E-state index is -0.922. The number of hydrogen-bond donors (Lipinski definition) is 1. The predicted octanol–water partition coefficient (Wildman–Crippen LogP) is 5.35. The van der Waals surface area contributed by atoms with Gasteiger partial charge in [0.25, 0.3) is 0 Å². The predicted molar refractivity (Wildman–Crippen MR) is 116 cm³/mol. The van der Waals surface area contributed by atoms with Crippen LogP contribution in [-0.4, -0.2) is 20.6 Å². The van der Waals surface area contributed by atoms with E-state index in [-0.39, 0.29) is 5.56 Å². The van der Waals surface area contributed by atoms with Gasteiger partial charge in [-0.1, -0.05) is 60.7 Å². The number of carboxylic acid groups (broad SMARTS) is 1. The highest BCUT2D eigenvalue weighted by atomic mass is 16.4. The fourth-order valence-corrected chi connectivity index (χ4v) is 3.85. The van der Waals surface area contributed by atoms with E-state index in [1.807, 2.05) is 48.8 Å². The number of hydrogen-bond acceptors (Lipinski definition) is 2. The smallest absolute Gasteiger partial charge is 0.335 e. The van der Waals surface area contributed by atoms with Crippen molar-refractivity contribution in [3.05, 3.63) is 107 Å². The summed E-state index contributed by atoms with van der Waals surface area (Å²) in [5, 5.41) is 9.49. The maximum Gasteiger partial charge on any atom is 0.335 e. The van der Waals surface area contributed by atoms with Crippen molar-refractivity contribution in [2.75, 3.05) is 0 Å². The Labute approximate surface area is 168 Å². The van der Waals surface area contributed by atoms with E-state index in [0.717, 1.165) is 38.9 Å². The second-order valence-electron chi connectivity index (χ2n) is 7.03. The second kappa shape index (κ2) is 6.91. The number of fused-ring (bicyclic) bond motifs is 3. The standard InChI is InChI=1S/C25H18N2O2/c28-25(29)19-12-11-18-10-9-17-5-1-2-6-20(17)21(22(18)15-19)13-14-27-16-26-23-7-3-4-8-24(23)27/h1-13,15-16H,14H2,(H,28,29)/b21-13-. The normalized spacial score (nSPS) is 13.9. The number of imidazole rings is 1. The molecule has 4 aromatic rings. The molecule has 1 heterocycles. The SMILES string of the molecule is O=C(O)c1ccc2c(c1)/C(=C\Cn1cnc3ccccc31)c1ccccc1C=C2. The first-order valence-corrected chi connectivity index (χ1v) is 9.46. The molecule has 1 aromatic heterocycles. The molecule has 4 heteroatoms. The fraction of sp³-hybridized carbons (Fsp3) is 0.0400. The van der Waals surface area contributed by atoms with Crippen LogP contribution in [0.3, 0.4) is 0 Å². The number of benzene rings is 3. The lowest BCUT2D eigenvalue weighted by Crippen LogP contribution is -2.01. The van der Waals surface area contributed by atoms with Crippen molar-refractivity contribution in [3.63, 3.8) is 0 Å². The Morgan fingerprint density at radius 1 is 0.931 bits per heavy atom. The van der Waals surface area contributed by atoms with Gasteiger partial charge in [0.05, 0.1) is 22.9 Å². The van der Waals surface area contributed by atoms with Gasteiger partial charge in [0.1, 0.15) is 0 Å². The van der Waals surface area contributed by atoms with Gasteiger partial charge in [-0.25, -0.2) is 9.78 Å². The molecule has 3 aromatic carbocycles. The van der Waals surface area contributed by atoms with Gasteiger partial charge in [-0.2, -0.15) is 0 Å². The van der Waals surface area contributed by atoms with Crippen LogP contribution < -0.4 is 0 Å². The molecule has 0 atom stereocenters. The number of carbonyl (C=O) groups is 1. The zero-order valence-corrected chi connectivity index (χ0v) is 15.6. The van der Waals surface area contributed by atoms with Crippen molar-refractivity contribution < 1.29 is 9.90 Å². The molecule has 0 saturated carbocycles. The Balaban J connectivity index is 1.68. The molecule has 5 rings (SSSR count). The number of rotatable bonds is 3. The number of para-hydroxylation sites is 2. The quantitative estimate of drug-likeness (QED) is 0.460. The van der Waals surface area contributed by atoms with E-state index in [9.17, 15) is 9.90 Å². The summed E-state index contributed by atoms with van der Waals surface area (Å²) >= 11 is 0. The first kappa shape index (κ1) is 17.2. The molecule has 0 saturated heterocycles. The first-order chi connectivity index (χ1) is 14.2. The van der Waals surface area contributed by atoms with Gasteiger partial charge in [0.15, 0.2) is 0 Å². The Hall–Kier alpha value is -3.92. The van der Waals surface area contributed by atoms with E-state index in [0.29, 0.717) is 6.54 Å². The van der Waals surface area contributed by atoms with Crippen molar-refractivity contribution in [3.8, 4) is 0 Å². The molecule has 4 nitrogen and oxygen atoms in total. The van der Waals surface area contributed by atoms with Crippen LogP contribution in [0.2, 0.25) is 0 Å². The summed E-state index contributed by atoms with van der Waals surface area (Å²) < 4.78 is 2.10. The number of aromatic carboxylic acids is 1. The lowest BCUT2D eigenvalue weighted by Gasteiger charge is -2.13. The number of aromatic nitrogens is 2. The third-order valence-corrected chi connectivity index (χ3v) is 5.30. The Kier molecular flexibility index (Phi) is 4.10. The third kappa shape index (κ3) is 3.05. The van der Waals surface area contributed by atoms with Crippen LogP contribution in [0.25, 0.3) is 28.8 Å². The molecule has 0 unspecified atom stereocenters. The zero-order valence-electron chi connectivity index (χ0n) is 15.6. The van der Waals surface area contributed by atoms with Crippen LogP contribution >= 0.6 is 0 Å². The highest BCUT2D eigenvalue weighted by molar-refractivity contribution is 5.97. The van der Waals surface area contributed by atoms with Crippen molar-refractivity contribution in [2.45, 2.75) is 6.54 Å². The molecule has 29 heavy (non-hydrogen) atoms. The fourth-order valence-electron chi connectivity index (χ4n) is 3.85. The van der Waals surface area contributed by atoms with Crippen LogP contribution in [-0.2, 0) is 6.54 Å². The Morgan fingerprint density at radius 2 is 1.69 bits per heavy atom. The van der Waals surface area contributed by atoms with Crippen LogP contribution in [0.4, 0.5) is 0 Å². The van der Waals surface area contributed by atoms with Gasteiger partial charge in [0.2, 0.25) is 0 Å². The van der Waals surface area contributed by atoms with Crippen LogP contribution in [0.1, 0.15) is 32.6 Å². The summed E-state index contributed by atoms with van der Waals surface area (Å²) in [5.74, 6) is -0.922. The van der Waals surface area contributed by atoms with Gasteiger partial charge in [-0.05, 0) is 52.1 Å². The average Bonchev–Trinajstić information content (AvgIpc) is 3.09. The molecule has 0 amide bonds. The molecule has 0 bridgehead atoms. The van der Waals surface area contributed by atoms with Gasteiger partial charge in [-0.3, -0.25) is 0 Å². The van der Waals surface area contributed by atoms with Crippen molar-refractivity contribution in [2.24, 2.45) is 0 Å². The molecule has 1 aliphatic rings. The monoisotopic (exact) mass is 378 g/mol. The van der Waals surface area contributed by atoms with E-state index >= 15 is 0 Å². The molecule has 140 valence electrons. The van der Waals surface area contributed by atoms with Crippen molar-refractivity contribution in [1.82, 2.24) is 9.55 Å². The van der Waals surface area contributed by atoms with E-state index in [1.165, 1.54) is 0 Å². The Morgan fingerprint density at radius 3 is 2.55 bits per heavy atom. The topological polar surface area (TPSA) is 55.1 Å². The van der Waals surface area contributed by atoms with Gasteiger partial charge in [0, 0.05) is 6.54 Å². The second-order valence-corrected chi connectivity index (χ2v) is 7.03. The van der Waals surface area contributed by atoms with E-state index in [4.69, 9.17) is 0 Å². The summed E-state index contributed by atoms with van der Waals surface area (Å²) in [6.07, 6.45) is 8.14. The average molecular weight is 378 g/mol. The largest absolute Gasteiger partial charge is 0.478 e. The maximum atomic E-state index is 11.6. The maximum absolute atomic E-state index is 11.6. The zero-order chi connectivity index (χ0) is 19.8. The van der Waals surface area contributed by atoms with Gasteiger partial charge >= 0.3 is 5.97 Å². The summed E-state index contributed by atoms with van der Waals surface area (Å²) in [5.41, 5.74) is 7.49. The summed E-state index contributed by atoms with van der Waals surface area (Å²) in [6, 6.07) is 21.5. The molecule has 1 N–H and O–H groups in total. The van der Waals surface area contributed by atoms with Crippen LogP contribution in [0, 0.1) is 0 Å². The molecule has 0 spiro atoms. The molecular weight excluding hydrogens is 360 g/mol. The van der Waals surface area contributed by atoms with Gasteiger partial charge < -0.3 is 9.67 Å². The van der Waals surface area contributed by atoms with E-state index < -0.39 is 5.97 Å². The minimum Gasteiger partial charge on any atom is -0.478 e. The molecular formula is C25H18N2O2. The molecule has 1 aliphatic carbocycles. The highest BCUT2D eigenvalue weighted by Gasteiger charge is 2.17. The molecule has 0 fully saturated rings. The third-order valence-electron chi connectivity index (χ3n) is 5.30. The molecule has 0 radical (unpaired) electrons. The van der Waals surface area contributed by atoms with Crippen LogP contribution in [0.5, 0.6) is 0 Å². The highest BCUT2D eigenvalue weighted by Crippen LogP contribution is 2.34. The minimum absolute atomic E-state index is 0.288.